The number of carbonyl (C=O) groups is 1. The minimum atomic E-state index is -0.407. The topological polar surface area (TPSA) is 89.3 Å². The van der Waals surface area contributed by atoms with Gasteiger partial charge in [0, 0.05) is 37.9 Å². The predicted molar refractivity (Wildman–Crippen MR) is 113 cm³/mol. The summed E-state index contributed by atoms with van der Waals surface area (Å²) in [5.41, 5.74) is 10.00. The van der Waals surface area contributed by atoms with Crippen molar-refractivity contribution in [2.45, 2.75) is 0 Å². The Hall–Kier alpha value is -2.87. The average molecular weight is 468 g/mol. The minimum absolute atomic E-state index is 0.377. The fourth-order valence-electron chi connectivity index (χ4n) is 3.21. The summed E-state index contributed by atoms with van der Waals surface area (Å²) in [7, 11) is 1.37. The highest BCUT2D eigenvalue weighted by molar-refractivity contribution is 14.1. The second kappa shape index (κ2) is 6.70. The first kappa shape index (κ1) is 17.5. The van der Waals surface area contributed by atoms with Crippen molar-refractivity contribution in [3.8, 4) is 22.5 Å². The van der Waals surface area contributed by atoms with Crippen LogP contribution in [0.4, 0.5) is 5.69 Å². The normalized spacial score (nSPS) is 11.0. The molecular weight excluding hydrogens is 453 g/mol. The molecule has 0 bridgehead atoms. The quantitative estimate of drug-likeness (QED) is 0.194. The monoisotopic (exact) mass is 468 g/mol. The molecule has 0 saturated carbocycles. The zero-order valence-electron chi connectivity index (χ0n) is 14.4. The molecule has 2 aromatic rings. The maximum atomic E-state index is 12.4. The molecule has 27 heavy (non-hydrogen) atoms. The van der Waals surface area contributed by atoms with Gasteiger partial charge in [-0.2, -0.15) is 0 Å². The van der Waals surface area contributed by atoms with Crippen LogP contribution in [-0.4, -0.2) is 13.1 Å². The number of methoxy groups -OCH3 is 1. The van der Waals surface area contributed by atoms with Gasteiger partial charge in [-0.15, -0.1) is 0 Å². The zero-order valence-corrected chi connectivity index (χ0v) is 16.5. The largest absolute Gasteiger partial charge is 0.465 e. The van der Waals surface area contributed by atoms with E-state index in [1.807, 2.05) is 24.3 Å². The van der Waals surface area contributed by atoms with Crippen LogP contribution >= 0.6 is 22.6 Å². The summed E-state index contributed by atoms with van der Waals surface area (Å²) in [6.45, 7) is 0. The van der Waals surface area contributed by atoms with Crippen LogP contribution < -0.4 is 11.1 Å². The van der Waals surface area contributed by atoms with Crippen LogP contribution in [0.2, 0.25) is 0 Å². The first-order valence-corrected chi connectivity index (χ1v) is 9.25. The number of anilines is 1. The van der Waals surface area contributed by atoms with Crippen molar-refractivity contribution >= 4 is 45.2 Å². The Morgan fingerprint density at radius 1 is 1.11 bits per heavy atom. The summed E-state index contributed by atoms with van der Waals surface area (Å²) < 4.78 is 11.8. The van der Waals surface area contributed by atoms with Crippen molar-refractivity contribution in [3.63, 3.8) is 0 Å². The number of hydrogen-bond acceptors (Lipinski definition) is 5. The molecule has 0 unspecified atom stereocenters. The third kappa shape index (κ3) is 2.95. The molecule has 3 N–H and O–H groups in total. The molecule has 2 aliphatic rings. The molecule has 0 saturated heterocycles. The Labute approximate surface area is 168 Å². The van der Waals surface area contributed by atoms with Crippen molar-refractivity contribution in [1.29, 1.82) is 5.41 Å². The number of carbonyl (C=O) groups excluding carboxylic acids is 1. The molecule has 1 aliphatic heterocycles. The third-order valence-electron chi connectivity index (χ3n) is 4.44. The van der Waals surface area contributed by atoms with E-state index in [1.54, 1.807) is 30.3 Å². The highest BCUT2D eigenvalue weighted by atomic mass is 125. The summed E-state index contributed by atoms with van der Waals surface area (Å²) in [5, 5.41) is 9.31. The molecule has 6 heteroatoms. The van der Waals surface area contributed by atoms with Crippen molar-refractivity contribution in [1.82, 2.24) is 0 Å². The number of benzene rings is 3. The van der Waals surface area contributed by atoms with E-state index in [-0.39, 0.29) is 0 Å². The molecule has 5 nitrogen and oxygen atoms in total. The summed E-state index contributed by atoms with van der Waals surface area (Å²) in [6, 6.07) is 16.3. The van der Waals surface area contributed by atoms with Crippen molar-refractivity contribution in [3.05, 3.63) is 69.1 Å². The number of nitrogens with two attached hydrogens (primary N) is 1. The molecule has 0 aromatic heterocycles. The number of fused-ring (bicyclic) bond motifs is 2. The molecule has 0 amide bonds. The first-order valence-electron chi connectivity index (χ1n) is 8.17. The molecule has 4 rings (SSSR count). The van der Waals surface area contributed by atoms with Gasteiger partial charge in [0.2, 0.25) is 0 Å². The van der Waals surface area contributed by atoms with Crippen molar-refractivity contribution in [2.24, 2.45) is 0 Å². The number of nitrogen functional groups attached to an aromatic ring is 1. The van der Waals surface area contributed by atoms with E-state index < -0.39 is 5.97 Å². The van der Waals surface area contributed by atoms with Crippen LogP contribution in [0.1, 0.15) is 10.4 Å². The predicted octanol–water partition coefficient (Wildman–Crippen LogP) is 4.66. The van der Waals surface area contributed by atoms with Gasteiger partial charge in [-0.1, -0.05) is 18.2 Å². The van der Waals surface area contributed by atoms with Crippen LogP contribution in [-0.2, 0) is 4.74 Å². The Balaban J connectivity index is 2.21. The van der Waals surface area contributed by atoms with Gasteiger partial charge in [-0.05, 0) is 52.4 Å². The fraction of sp³-hybridized carbons (Fsp3) is 0.0476. The molecule has 134 valence electrons. The number of ether oxygens (including phenoxy) is 1. The number of hydrogen-bond donors (Lipinski definition) is 2. The maximum Gasteiger partial charge on any atom is 0.338 e. The van der Waals surface area contributed by atoms with Gasteiger partial charge in [0.25, 0.3) is 0 Å². The SMILES string of the molecule is COC(=O)c1ccccc1-c1c2cc([125I])c(=N)cc-2oc2cc(N)ccc12. The third-order valence-corrected chi connectivity index (χ3v) is 5.33. The molecular formula is C21H15IN2O3. The Morgan fingerprint density at radius 2 is 1.89 bits per heavy atom. The first-order chi connectivity index (χ1) is 13.0. The van der Waals surface area contributed by atoms with Gasteiger partial charge in [-0.3, -0.25) is 5.41 Å². The van der Waals surface area contributed by atoms with Crippen LogP contribution in [0.25, 0.3) is 33.4 Å². The zero-order chi connectivity index (χ0) is 19.1. The number of rotatable bonds is 2. The maximum absolute atomic E-state index is 12.4. The van der Waals surface area contributed by atoms with Gasteiger partial charge in [0.15, 0.2) is 0 Å². The Kier molecular flexibility index (Phi) is 4.35. The Bertz CT molecular complexity index is 1230. The van der Waals surface area contributed by atoms with Gasteiger partial charge in [0.05, 0.1) is 18.0 Å². The van der Waals surface area contributed by atoms with E-state index in [0.29, 0.717) is 28.0 Å². The van der Waals surface area contributed by atoms with Crippen LogP contribution in [0.15, 0.2) is 59.0 Å². The van der Waals surface area contributed by atoms with Gasteiger partial charge in [0.1, 0.15) is 11.3 Å². The van der Waals surface area contributed by atoms with Crippen LogP contribution in [0.5, 0.6) is 0 Å². The summed E-state index contributed by atoms with van der Waals surface area (Å²) in [6.07, 6.45) is 0. The second-order valence-electron chi connectivity index (χ2n) is 6.10. The number of esters is 1. The van der Waals surface area contributed by atoms with Gasteiger partial charge < -0.3 is 14.9 Å². The van der Waals surface area contributed by atoms with E-state index in [9.17, 15) is 4.79 Å². The molecule has 0 atom stereocenters. The van der Waals surface area contributed by atoms with E-state index in [4.69, 9.17) is 20.3 Å². The van der Waals surface area contributed by atoms with Crippen LogP contribution in [0.3, 0.4) is 0 Å². The van der Waals surface area contributed by atoms with E-state index in [0.717, 1.165) is 25.6 Å². The van der Waals surface area contributed by atoms with Gasteiger partial charge in [-0.25, -0.2) is 4.79 Å². The van der Waals surface area contributed by atoms with E-state index in [2.05, 4.69) is 22.6 Å². The lowest BCUT2D eigenvalue weighted by Crippen LogP contribution is -2.07. The van der Waals surface area contributed by atoms with Crippen molar-refractivity contribution in [2.75, 3.05) is 12.8 Å². The summed E-state index contributed by atoms with van der Waals surface area (Å²) in [5.74, 6) is 0.156. The van der Waals surface area contributed by atoms with E-state index in [1.165, 1.54) is 7.11 Å². The lowest BCUT2D eigenvalue weighted by molar-refractivity contribution is 0.0601. The van der Waals surface area contributed by atoms with E-state index >= 15 is 0 Å². The summed E-state index contributed by atoms with van der Waals surface area (Å²) >= 11 is 2.13. The molecule has 1 heterocycles. The molecule has 0 spiro atoms. The van der Waals surface area contributed by atoms with Gasteiger partial charge >= 0.3 is 5.97 Å². The highest BCUT2D eigenvalue weighted by Crippen LogP contribution is 2.42. The van der Waals surface area contributed by atoms with Crippen molar-refractivity contribution < 1.29 is 13.9 Å². The number of nitrogens with one attached hydrogen (secondary N) is 1. The standard InChI is InChI=1S/C21H15IN2O3/c1-26-21(25)13-5-3-2-4-12(13)20-14-7-6-11(23)8-18(14)27-19-10-17(24)16(22)9-15(19)20/h2-10,24H,23H2,1H3/i22-2. The lowest BCUT2D eigenvalue weighted by Gasteiger charge is -2.17. The average Bonchev–Trinajstić information content (AvgIpc) is 2.67. The fourth-order valence-corrected chi connectivity index (χ4v) is 3.67. The molecule has 2 aromatic carbocycles. The highest BCUT2D eigenvalue weighted by Gasteiger charge is 2.22. The molecule has 0 fully saturated rings. The number of halogens is 1. The smallest absolute Gasteiger partial charge is 0.338 e. The molecule has 0 radical (unpaired) electrons. The second-order valence-corrected chi connectivity index (χ2v) is 7.26. The minimum Gasteiger partial charge on any atom is -0.465 e. The Morgan fingerprint density at radius 3 is 2.67 bits per heavy atom. The molecule has 1 aliphatic carbocycles. The van der Waals surface area contributed by atoms with Crippen LogP contribution in [0, 0.1) is 8.98 Å². The lowest BCUT2D eigenvalue weighted by atomic mass is 9.91. The summed E-state index contributed by atoms with van der Waals surface area (Å²) in [4.78, 5) is 12.4.